The molecule has 1 heterocycles. The van der Waals surface area contributed by atoms with Gasteiger partial charge in [-0.15, -0.1) is 11.3 Å². The second kappa shape index (κ2) is 5.45. The van der Waals surface area contributed by atoms with Crippen LogP contribution < -0.4 is 5.32 Å². The number of aryl methyl sites for hydroxylation is 2. The highest BCUT2D eigenvalue weighted by Crippen LogP contribution is 2.39. The Kier molecular flexibility index (Phi) is 3.82. The Morgan fingerprint density at radius 3 is 2.85 bits per heavy atom. The Balaban J connectivity index is 1.91. The van der Waals surface area contributed by atoms with Crippen molar-refractivity contribution in [2.75, 3.05) is 5.32 Å². The molecule has 0 bridgehead atoms. The molecule has 1 aliphatic carbocycles. The monoisotopic (exact) mass is 357 g/mol. The predicted octanol–water partition coefficient (Wildman–Crippen LogP) is 5.59. The van der Waals surface area contributed by atoms with Gasteiger partial charge >= 0.3 is 0 Å². The van der Waals surface area contributed by atoms with E-state index in [1.165, 1.54) is 22.6 Å². The summed E-state index contributed by atoms with van der Waals surface area (Å²) in [6, 6.07) is 4.63. The summed E-state index contributed by atoms with van der Waals surface area (Å²) in [5.41, 5.74) is 1.78. The van der Waals surface area contributed by atoms with E-state index in [0.29, 0.717) is 5.56 Å². The lowest BCUT2D eigenvalue weighted by atomic mass is 9.94. The predicted molar refractivity (Wildman–Crippen MR) is 82.4 cm³/mol. The molecule has 1 unspecified atom stereocenters. The summed E-state index contributed by atoms with van der Waals surface area (Å²) in [5, 5.41) is 3.16. The molecule has 1 aliphatic rings. The van der Waals surface area contributed by atoms with Crippen LogP contribution in [0, 0.1) is 18.6 Å². The maximum atomic E-state index is 13.9. The molecule has 0 aliphatic heterocycles. The summed E-state index contributed by atoms with van der Waals surface area (Å²) in [6.45, 7) is 1.57. The van der Waals surface area contributed by atoms with Gasteiger partial charge in [-0.05, 0) is 65.4 Å². The fourth-order valence-corrected chi connectivity index (χ4v) is 4.44. The van der Waals surface area contributed by atoms with Crippen molar-refractivity contribution in [2.24, 2.45) is 0 Å². The van der Waals surface area contributed by atoms with Crippen molar-refractivity contribution >= 4 is 33.0 Å². The Bertz CT molecular complexity index is 654. The standard InChI is InChI=1S/C15H14BrF2NS/c1-8-5-11(18)13(7-10(8)17)19-12-3-2-4-14-9(12)6-15(16)20-14/h5-7,12,19H,2-4H2,1H3. The van der Waals surface area contributed by atoms with E-state index in [4.69, 9.17) is 0 Å². The summed E-state index contributed by atoms with van der Waals surface area (Å²) in [5.74, 6) is -0.776. The number of fused-ring (bicyclic) bond motifs is 1. The first kappa shape index (κ1) is 14.0. The summed E-state index contributed by atoms with van der Waals surface area (Å²) >= 11 is 5.22. The molecule has 0 saturated carbocycles. The SMILES string of the molecule is Cc1cc(F)c(NC2CCCc3sc(Br)cc32)cc1F. The molecule has 0 fully saturated rings. The lowest BCUT2D eigenvalue weighted by Crippen LogP contribution is -2.16. The maximum Gasteiger partial charge on any atom is 0.146 e. The average Bonchev–Trinajstić information content (AvgIpc) is 2.77. The first-order valence-electron chi connectivity index (χ1n) is 6.55. The zero-order valence-corrected chi connectivity index (χ0v) is 13.4. The number of rotatable bonds is 2. The highest BCUT2D eigenvalue weighted by Gasteiger charge is 2.23. The van der Waals surface area contributed by atoms with Gasteiger partial charge in [0.05, 0.1) is 15.5 Å². The normalized spacial score (nSPS) is 17.9. The second-order valence-corrected chi connectivity index (χ2v) is 7.62. The van der Waals surface area contributed by atoms with Crippen LogP contribution in [0.3, 0.4) is 0 Å². The molecule has 1 nitrogen and oxygen atoms in total. The van der Waals surface area contributed by atoms with Crippen LogP contribution in [0.25, 0.3) is 0 Å². The number of thiophene rings is 1. The van der Waals surface area contributed by atoms with Gasteiger partial charge in [-0.3, -0.25) is 0 Å². The molecule has 20 heavy (non-hydrogen) atoms. The van der Waals surface area contributed by atoms with Crippen LogP contribution in [0.1, 0.15) is 34.9 Å². The zero-order chi connectivity index (χ0) is 14.3. The molecular formula is C15H14BrF2NS. The van der Waals surface area contributed by atoms with Gasteiger partial charge < -0.3 is 5.32 Å². The third-order valence-electron chi connectivity index (χ3n) is 3.66. The number of nitrogens with one attached hydrogen (secondary N) is 1. The molecule has 0 amide bonds. The fraction of sp³-hybridized carbons (Fsp3) is 0.333. The van der Waals surface area contributed by atoms with E-state index < -0.39 is 5.82 Å². The van der Waals surface area contributed by atoms with Crippen molar-refractivity contribution < 1.29 is 8.78 Å². The third kappa shape index (κ3) is 2.61. The molecular weight excluding hydrogens is 344 g/mol. The molecule has 106 valence electrons. The van der Waals surface area contributed by atoms with Gasteiger partial charge in [0, 0.05) is 10.9 Å². The van der Waals surface area contributed by atoms with Crippen molar-refractivity contribution in [1.29, 1.82) is 0 Å². The number of anilines is 1. The molecule has 3 rings (SSSR count). The molecule has 1 aromatic heterocycles. The van der Waals surface area contributed by atoms with Gasteiger partial charge in [-0.25, -0.2) is 8.78 Å². The maximum absolute atomic E-state index is 13.9. The van der Waals surface area contributed by atoms with E-state index in [9.17, 15) is 8.78 Å². The third-order valence-corrected chi connectivity index (χ3v) is 5.38. The van der Waals surface area contributed by atoms with Crippen molar-refractivity contribution in [1.82, 2.24) is 0 Å². The fourth-order valence-electron chi connectivity index (χ4n) is 2.62. The molecule has 5 heteroatoms. The Labute approximate surface area is 129 Å². The lowest BCUT2D eigenvalue weighted by molar-refractivity contribution is 0.578. The summed E-state index contributed by atoms with van der Waals surface area (Å²) < 4.78 is 28.6. The molecule has 0 spiro atoms. The Morgan fingerprint density at radius 1 is 1.25 bits per heavy atom. The first-order chi connectivity index (χ1) is 9.54. The van der Waals surface area contributed by atoms with Crippen LogP contribution in [0.5, 0.6) is 0 Å². The molecule has 1 N–H and O–H groups in total. The molecule has 0 radical (unpaired) electrons. The van der Waals surface area contributed by atoms with Gasteiger partial charge in [0.2, 0.25) is 0 Å². The van der Waals surface area contributed by atoms with Gasteiger partial charge in [-0.1, -0.05) is 0 Å². The van der Waals surface area contributed by atoms with Crippen molar-refractivity contribution in [3.63, 3.8) is 0 Å². The van der Waals surface area contributed by atoms with Crippen LogP contribution in [-0.4, -0.2) is 0 Å². The van der Waals surface area contributed by atoms with Crippen molar-refractivity contribution in [2.45, 2.75) is 32.2 Å². The summed E-state index contributed by atoms with van der Waals surface area (Å²) in [4.78, 5) is 1.33. The number of hydrogen-bond donors (Lipinski definition) is 1. The zero-order valence-electron chi connectivity index (χ0n) is 11.0. The quantitative estimate of drug-likeness (QED) is 0.738. The average molecular weight is 358 g/mol. The molecule has 2 aromatic rings. The van der Waals surface area contributed by atoms with Crippen molar-refractivity contribution in [3.8, 4) is 0 Å². The van der Waals surface area contributed by atoms with E-state index in [1.54, 1.807) is 18.3 Å². The minimum absolute atomic E-state index is 0.0536. The van der Waals surface area contributed by atoms with Crippen LogP contribution in [0.15, 0.2) is 22.0 Å². The van der Waals surface area contributed by atoms with E-state index >= 15 is 0 Å². The number of hydrogen-bond acceptors (Lipinski definition) is 2. The van der Waals surface area contributed by atoms with E-state index in [1.807, 2.05) is 0 Å². The first-order valence-corrected chi connectivity index (χ1v) is 8.16. The minimum atomic E-state index is -0.398. The van der Waals surface area contributed by atoms with E-state index in [0.717, 1.165) is 23.0 Å². The van der Waals surface area contributed by atoms with Gasteiger partial charge in [0.15, 0.2) is 0 Å². The summed E-state index contributed by atoms with van der Waals surface area (Å²) in [6.07, 6.45) is 3.06. The van der Waals surface area contributed by atoms with Gasteiger partial charge in [-0.2, -0.15) is 0 Å². The van der Waals surface area contributed by atoms with Crippen LogP contribution >= 0.6 is 27.3 Å². The highest BCUT2D eigenvalue weighted by atomic mass is 79.9. The largest absolute Gasteiger partial charge is 0.376 e. The molecule has 1 atom stereocenters. The number of benzene rings is 1. The van der Waals surface area contributed by atoms with Crippen molar-refractivity contribution in [3.05, 3.63) is 49.6 Å². The number of halogens is 3. The van der Waals surface area contributed by atoms with Gasteiger partial charge in [0.25, 0.3) is 0 Å². The Morgan fingerprint density at radius 2 is 2.05 bits per heavy atom. The van der Waals surface area contributed by atoms with E-state index in [2.05, 4.69) is 27.3 Å². The summed E-state index contributed by atoms with van der Waals surface area (Å²) in [7, 11) is 0. The smallest absolute Gasteiger partial charge is 0.146 e. The van der Waals surface area contributed by atoms with Gasteiger partial charge in [0.1, 0.15) is 11.6 Å². The van der Waals surface area contributed by atoms with Crippen LogP contribution in [0.4, 0.5) is 14.5 Å². The molecule has 1 aromatic carbocycles. The molecule has 0 saturated heterocycles. The van der Waals surface area contributed by atoms with Crippen LogP contribution in [0.2, 0.25) is 0 Å². The highest BCUT2D eigenvalue weighted by molar-refractivity contribution is 9.11. The lowest BCUT2D eigenvalue weighted by Gasteiger charge is -2.25. The topological polar surface area (TPSA) is 12.0 Å². The van der Waals surface area contributed by atoms with Crippen LogP contribution in [-0.2, 0) is 6.42 Å². The second-order valence-electron chi connectivity index (χ2n) is 5.10. The minimum Gasteiger partial charge on any atom is -0.376 e. The Hall–Kier alpha value is -0.940. The van der Waals surface area contributed by atoms with E-state index in [-0.39, 0.29) is 17.5 Å².